The van der Waals surface area contributed by atoms with Crippen LogP contribution in [0.15, 0.2) is 0 Å². The summed E-state index contributed by atoms with van der Waals surface area (Å²) in [6.07, 6.45) is 13.5. The number of quaternary nitrogens is 1. The average molecular weight is 422 g/mol. The van der Waals surface area contributed by atoms with Gasteiger partial charge in [-0.3, -0.25) is 4.79 Å². The number of unbranched alkanes of at least 4 members (excludes halogenated alkanes) is 9. The quantitative estimate of drug-likeness (QED) is 0.197. The first-order valence-electron chi connectivity index (χ1n) is 11.2. The molecule has 0 rings (SSSR count). The van der Waals surface area contributed by atoms with E-state index in [1.165, 1.54) is 51.4 Å². The van der Waals surface area contributed by atoms with E-state index in [1.807, 2.05) is 14.0 Å². The standard InChI is InChI=1S/C21H43NO5S/c1-4-6-7-8-9-10-11-12-13-14-17-27-21(23)20(5-2)19-22(3)16-15-18-28(24,25)26/h20H,4-19H2,1-3H3,(H,24,25,26). The van der Waals surface area contributed by atoms with Crippen LogP contribution in [0.2, 0.25) is 0 Å². The number of hydrogen-bond acceptors (Lipinski definition) is 5. The number of ether oxygens (including phenoxy) is 1. The van der Waals surface area contributed by atoms with Crippen LogP contribution in [0, 0.1) is 5.92 Å². The molecular weight excluding hydrogens is 378 g/mol. The van der Waals surface area contributed by atoms with Crippen molar-refractivity contribution in [1.29, 1.82) is 0 Å². The van der Waals surface area contributed by atoms with E-state index >= 15 is 0 Å². The maximum atomic E-state index is 12.2. The van der Waals surface area contributed by atoms with Crippen LogP contribution in [0.3, 0.4) is 0 Å². The first-order chi connectivity index (χ1) is 13.3. The molecule has 2 atom stereocenters. The number of rotatable bonds is 19. The lowest BCUT2D eigenvalue weighted by molar-refractivity contribution is -0.882. The minimum Gasteiger partial charge on any atom is -0.748 e. The third-order valence-corrected chi connectivity index (χ3v) is 5.95. The molecule has 0 amide bonds. The SMILES string of the molecule is CCCCCCCCCCCCOC(=O)C(CC)C[NH+](C)CCCS(=O)(=O)[O-]. The van der Waals surface area contributed by atoms with Gasteiger partial charge in [0, 0.05) is 12.2 Å². The molecular formula is C21H43NO5S. The van der Waals surface area contributed by atoms with Gasteiger partial charge in [-0.1, -0.05) is 71.6 Å². The second kappa shape index (κ2) is 17.2. The van der Waals surface area contributed by atoms with Gasteiger partial charge in [0.2, 0.25) is 0 Å². The van der Waals surface area contributed by atoms with Gasteiger partial charge in [-0.05, 0) is 12.8 Å². The van der Waals surface area contributed by atoms with Crippen LogP contribution in [0.5, 0.6) is 0 Å². The normalized spacial score (nSPS) is 14.0. The minimum atomic E-state index is -4.15. The Kier molecular flexibility index (Phi) is 16.8. The summed E-state index contributed by atoms with van der Waals surface area (Å²) in [7, 11) is -2.24. The van der Waals surface area contributed by atoms with E-state index in [-0.39, 0.29) is 17.6 Å². The van der Waals surface area contributed by atoms with Gasteiger partial charge in [0.25, 0.3) is 0 Å². The third kappa shape index (κ3) is 17.4. The van der Waals surface area contributed by atoms with Gasteiger partial charge in [-0.2, -0.15) is 0 Å². The summed E-state index contributed by atoms with van der Waals surface area (Å²) in [6, 6.07) is 0. The van der Waals surface area contributed by atoms with Crippen molar-refractivity contribution < 1.29 is 27.4 Å². The molecule has 7 heteroatoms. The zero-order chi connectivity index (χ0) is 21.3. The molecule has 2 unspecified atom stereocenters. The van der Waals surface area contributed by atoms with Crippen molar-refractivity contribution in [2.75, 3.05) is 32.5 Å². The Morgan fingerprint density at radius 3 is 1.96 bits per heavy atom. The van der Waals surface area contributed by atoms with E-state index in [9.17, 15) is 17.8 Å². The molecule has 168 valence electrons. The molecule has 6 nitrogen and oxygen atoms in total. The van der Waals surface area contributed by atoms with Gasteiger partial charge in [0.15, 0.2) is 0 Å². The Balaban J connectivity index is 3.73. The Labute approximate surface area is 173 Å². The van der Waals surface area contributed by atoms with Crippen molar-refractivity contribution in [2.45, 2.75) is 90.9 Å². The van der Waals surface area contributed by atoms with Crippen molar-refractivity contribution in [3.05, 3.63) is 0 Å². The van der Waals surface area contributed by atoms with Gasteiger partial charge in [-0.15, -0.1) is 0 Å². The average Bonchev–Trinajstić information content (AvgIpc) is 2.62. The van der Waals surface area contributed by atoms with Gasteiger partial charge < -0.3 is 14.2 Å². The maximum absolute atomic E-state index is 12.2. The van der Waals surface area contributed by atoms with Gasteiger partial charge >= 0.3 is 5.97 Å². The monoisotopic (exact) mass is 421 g/mol. The maximum Gasteiger partial charge on any atom is 0.314 e. The molecule has 0 saturated heterocycles. The van der Waals surface area contributed by atoms with Crippen molar-refractivity contribution >= 4 is 16.1 Å². The molecule has 0 fully saturated rings. The lowest BCUT2D eigenvalue weighted by Gasteiger charge is -2.20. The number of esters is 1. The molecule has 0 radical (unpaired) electrons. The van der Waals surface area contributed by atoms with Crippen LogP contribution < -0.4 is 4.90 Å². The summed E-state index contributed by atoms with van der Waals surface area (Å²) >= 11 is 0. The van der Waals surface area contributed by atoms with Crippen LogP contribution in [-0.2, 0) is 19.6 Å². The van der Waals surface area contributed by atoms with Crippen LogP contribution in [0.1, 0.15) is 90.9 Å². The summed E-state index contributed by atoms with van der Waals surface area (Å²) in [4.78, 5) is 13.3. The fourth-order valence-electron chi connectivity index (χ4n) is 3.35. The Morgan fingerprint density at radius 2 is 1.46 bits per heavy atom. The third-order valence-electron chi connectivity index (χ3n) is 5.16. The first kappa shape index (κ1) is 27.3. The molecule has 0 aliphatic carbocycles. The summed E-state index contributed by atoms with van der Waals surface area (Å²) < 4.78 is 37.4. The van der Waals surface area contributed by atoms with Gasteiger partial charge in [0.1, 0.15) is 5.92 Å². The fraction of sp³-hybridized carbons (Fsp3) is 0.952. The largest absolute Gasteiger partial charge is 0.748 e. The van der Waals surface area contributed by atoms with Crippen molar-refractivity contribution in [1.82, 2.24) is 0 Å². The highest BCUT2D eigenvalue weighted by Crippen LogP contribution is 2.11. The number of hydrogen-bond donors (Lipinski definition) is 1. The predicted octanol–water partition coefficient (Wildman–Crippen LogP) is 2.93. The molecule has 0 aromatic rings. The van der Waals surface area contributed by atoms with Crippen molar-refractivity contribution in [2.24, 2.45) is 5.92 Å². The highest BCUT2D eigenvalue weighted by Gasteiger charge is 2.22. The van der Waals surface area contributed by atoms with E-state index in [1.54, 1.807) is 0 Å². The van der Waals surface area contributed by atoms with Gasteiger partial charge in [0.05, 0.1) is 36.9 Å². The van der Waals surface area contributed by atoms with Crippen molar-refractivity contribution in [3.8, 4) is 0 Å². The molecule has 1 N–H and O–H groups in total. The van der Waals surface area contributed by atoms with Crippen LogP contribution in [0.25, 0.3) is 0 Å². The molecule has 28 heavy (non-hydrogen) atoms. The molecule has 0 aliphatic rings. The zero-order valence-electron chi connectivity index (χ0n) is 18.3. The van der Waals surface area contributed by atoms with Crippen molar-refractivity contribution in [3.63, 3.8) is 0 Å². The molecule has 0 spiro atoms. The van der Waals surface area contributed by atoms with Crippen LogP contribution >= 0.6 is 0 Å². The molecule has 0 aromatic heterocycles. The Hall–Kier alpha value is -0.660. The Morgan fingerprint density at radius 1 is 0.929 bits per heavy atom. The summed E-state index contributed by atoms with van der Waals surface area (Å²) in [6.45, 7) is 5.84. The second-order valence-electron chi connectivity index (χ2n) is 7.98. The minimum absolute atomic E-state index is 0.158. The number of carbonyl (C=O) groups is 1. The molecule has 0 aliphatic heterocycles. The molecule has 0 heterocycles. The smallest absolute Gasteiger partial charge is 0.314 e. The van der Waals surface area contributed by atoms with Gasteiger partial charge in [-0.25, -0.2) is 8.42 Å². The van der Waals surface area contributed by atoms with E-state index < -0.39 is 10.1 Å². The first-order valence-corrected chi connectivity index (χ1v) is 12.8. The van der Waals surface area contributed by atoms with E-state index in [2.05, 4.69) is 6.92 Å². The second-order valence-corrected chi connectivity index (χ2v) is 9.50. The summed E-state index contributed by atoms with van der Waals surface area (Å²) in [5, 5.41) is 0. The fourth-order valence-corrected chi connectivity index (χ4v) is 3.85. The van der Waals surface area contributed by atoms with Crippen LogP contribution in [0.4, 0.5) is 0 Å². The highest BCUT2D eigenvalue weighted by atomic mass is 32.2. The zero-order valence-corrected chi connectivity index (χ0v) is 19.2. The summed E-state index contributed by atoms with van der Waals surface area (Å²) in [5.74, 6) is -0.675. The summed E-state index contributed by atoms with van der Waals surface area (Å²) in [5.41, 5.74) is 0. The lowest BCUT2D eigenvalue weighted by atomic mass is 10.1. The van der Waals surface area contributed by atoms with E-state index in [0.717, 1.165) is 17.7 Å². The molecule has 0 aromatic carbocycles. The Bertz CT molecular complexity index is 481. The van der Waals surface area contributed by atoms with Crippen LogP contribution in [-0.4, -0.2) is 51.4 Å². The van der Waals surface area contributed by atoms with E-state index in [4.69, 9.17) is 4.74 Å². The topological polar surface area (TPSA) is 87.9 Å². The predicted molar refractivity (Wildman–Crippen MR) is 112 cm³/mol. The lowest BCUT2D eigenvalue weighted by Crippen LogP contribution is -3.10. The van der Waals surface area contributed by atoms with E-state index in [0.29, 0.717) is 32.5 Å². The molecule has 0 saturated carbocycles. The highest BCUT2D eigenvalue weighted by molar-refractivity contribution is 7.85. The number of nitrogens with one attached hydrogen (secondary N) is 1. The molecule has 0 bridgehead atoms. The number of carbonyl (C=O) groups excluding carboxylic acids is 1.